The molecule has 0 bridgehead atoms. The van der Waals surface area contributed by atoms with Gasteiger partial charge in [0.15, 0.2) is 0 Å². The standard InChI is InChI=1S/C12H26O3/c1-4-6-9(3)11(14)12(15)10(8-13)7-5-2/h9-15H,4-8H2,1-3H3/t9-,10?,11?,12?/m0/s1. The lowest BCUT2D eigenvalue weighted by molar-refractivity contribution is -0.0592. The van der Waals surface area contributed by atoms with Crippen molar-refractivity contribution in [2.75, 3.05) is 6.61 Å². The molecule has 92 valence electrons. The fourth-order valence-corrected chi connectivity index (χ4v) is 1.98. The normalized spacial score (nSPS) is 19.6. The van der Waals surface area contributed by atoms with E-state index in [0.717, 1.165) is 25.7 Å². The molecule has 3 heteroatoms. The molecule has 0 aromatic heterocycles. The van der Waals surface area contributed by atoms with E-state index in [9.17, 15) is 10.2 Å². The highest BCUT2D eigenvalue weighted by Crippen LogP contribution is 2.21. The van der Waals surface area contributed by atoms with E-state index in [2.05, 4.69) is 6.92 Å². The highest BCUT2D eigenvalue weighted by atomic mass is 16.3. The summed E-state index contributed by atoms with van der Waals surface area (Å²) in [6.45, 7) is 5.96. The van der Waals surface area contributed by atoms with Crippen molar-refractivity contribution in [3.05, 3.63) is 0 Å². The summed E-state index contributed by atoms with van der Waals surface area (Å²) >= 11 is 0. The molecule has 0 aromatic rings. The predicted molar refractivity (Wildman–Crippen MR) is 61.6 cm³/mol. The van der Waals surface area contributed by atoms with Crippen LogP contribution in [0.15, 0.2) is 0 Å². The second-order valence-electron chi connectivity index (χ2n) is 4.48. The lowest BCUT2D eigenvalue weighted by Gasteiger charge is -2.29. The molecule has 15 heavy (non-hydrogen) atoms. The van der Waals surface area contributed by atoms with Gasteiger partial charge in [-0.3, -0.25) is 0 Å². The summed E-state index contributed by atoms with van der Waals surface area (Å²) in [6.07, 6.45) is 2.07. The van der Waals surface area contributed by atoms with Gasteiger partial charge >= 0.3 is 0 Å². The first kappa shape index (κ1) is 14.9. The average Bonchev–Trinajstić information content (AvgIpc) is 2.24. The molecule has 0 amide bonds. The largest absolute Gasteiger partial charge is 0.396 e. The Kier molecular flexibility index (Phi) is 8.02. The van der Waals surface area contributed by atoms with Crippen LogP contribution >= 0.6 is 0 Å². The molecule has 3 nitrogen and oxygen atoms in total. The van der Waals surface area contributed by atoms with Crippen molar-refractivity contribution in [2.24, 2.45) is 11.8 Å². The van der Waals surface area contributed by atoms with Crippen LogP contribution in [0.1, 0.15) is 46.5 Å². The highest BCUT2D eigenvalue weighted by molar-refractivity contribution is 4.78. The highest BCUT2D eigenvalue weighted by Gasteiger charge is 2.28. The van der Waals surface area contributed by atoms with E-state index in [1.54, 1.807) is 0 Å². The molecular weight excluding hydrogens is 192 g/mol. The summed E-state index contributed by atoms with van der Waals surface area (Å²) in [4.78, 5) is 0. The molecule has 0 aromatic carbocycles. The molecule has 0 aliphatic heterocycles. The van der Waals surface area contributed by atoms with Gasteiger partial charge in [0, 0.05) is 12.5 Å². The maximum absolute atomic E-state index is 9.90. The van der Waals surface area contributed by atoms with Crippen molar-refractivity contribution in [3.63, 3.8) is 0 Å². The van der Waals surface area contributed by atoms with Gasteiger partial charge in [-0.25, -0.2) is 0 Å². The number of aliphatic hydroxyl groups excluding tert-OH is 3. The van der Waals surface area contributed by atoms with Crippen molar-refractivity contribution in [2.45, 2.75) is 58.7 Å². The van der Waals surface area contributed by atoms with Gasteiger partial charge in [-0.05, 0) is 18.8 Å². The summed E-state index contributed by atoms with van der Waals surface area (Å²) < 4.78 is 0. The van der Waals surface area contributed by atoms with E-state index in [1.165, 1.54) is 0 Å². The van der Waals surface area contributed by atoms with Crippen LogP contribution in [-0.4, -0.2) is 34.1 Å². The minimum absolute atomic E-state index is 0.0507. The van der Waals surface area contributed by atoms with Gasteiger partial charge in [0.2, 0.25) is 0 Å². The Balaban J connectivity index is 4.19. The van der Waals surface area contributed by atoms with Crippen LogP contribution in [0.4, 0.5) is 0 Å². The Bertz CT molecular complexity index is 150. The maximum atomic E-state index is 9.90. The van der Waals surface area contributed by atoms with Crippen LogP contribution < -0.4 is 0 Å². The number of rotatable bonds is 8. The van der Waals surface area contributed by atoms with Crippen molar-refractivity contribution >= 4 is 0 Å². The third kappa shape index (κ3) is 4.96. The lowest BCUT2D eigenvalue weighted by Crippen LogP contribution is -2.39. The number of hydrogen-bond acceptors (Lipinski definition) is 3. The van der Waals surface area contributed by atoms with Crippen LogP contribution in [0.3, 0.4) is 0 Å². The van der Waals surface area contributed by atoms with Gasteiger partial charge < -0.3 is 15.3 Å². The smallest absolute Gasteiger partial charge is 0.0851 e. The monoisotopic (exact) mass is 218 g/mol. The fraction of sp³-hybridized carbons (Fsp3) is 1.00. The van der Waals surface area contributed by atoms with Gasteiger partial charge in [0.25, 0.3) is 0 Å². The van der Waals surface area contributed by atoms with Crippen molar-refractivity contribution in [3.8, 4) is 0 Å². The topological polar surface area (TPSA) is 60.7 Å². The Morgan fingerprint density at radius 1 is 0.933 bits per heavy atom. The van der Waals surface area contributed by atoms with Crippen LogP contribution in [0.2, 0.25) is 0 Å². The summed E-state index contributed by atoms with van der Waals surface area (Å²) in [7, 11) is 0. The van der Waals surface area contributed by atoms with Crippen LogP contribution in [0.25, 0.3) is 0 Å². The molecule has 0 spiro atoms. The second-order valence-corrected chi connectivity index (χ2v) is 4.48. The first-order chi connectivity index (χ1) is 7.08. The fourth-order valence-electron chi connectivity index (χ4n) is 1.98. The molecular formula is C12H26O3. The van der Waals surface area contributed by atoms with E-state index in [4.69, 9.17) is 5.11 Å². The Morgan fingerprint density at radius 3 is 1.87 bits per heavy atom. The maximum Gasteiger partial charge on any atom is 0.0851 e. The first-order valence-electron chi connectivity index (χ1n) is 6.05. The molecule has 3 unspecified atom stereocenters. The molecule has 3 N–H and O–H groups in total. The molecule has 0 saturated heterocycles. The molecule has 0 aliphatic carbocycles. The van der Waals surface area contributed by atoms with Crippen molar-refractivity contribution in [1.82, 2.24) is 0 Å². The average molecular weight is 218 g/mol. The van der Waals surface area contributed by atoms with Gasteiger partial charge in [-0.1, -0.05) is 33.6 Å². The minimum Gasteiger partial charge on any atom is -0.396 e. The molecule has 0 aliphatic rings. The molecule has 0 saturated carbocycles. The summed E-state index contributed by atoms with van der Waals surface area (Å²) in [5.74, 6) is -0.0970. The van der Waals surface area contributed by atoms with Gasteiger partial charge in [-0.15, -0.1) is 0 Å². The summed E-state index contributed by atoms with van der Waals surface area (Å²) in [5, 5.41) is 28.9. The number of aliphatic hydroxyl groups is 3. The molecule has 0 radical (unpaired) electrons. The van der Waals surface area contributed by atoms with Crippen molar-refractivity contribution < 1.29 is 15.3 Å². The van der Waals surface area contributed by atoms with Gasteiger partial charge in [0.05, 0.1) is 12.2 Å². The summed E-state index contributed by atoms with van der Waals surface area (Å²) in [6, 6.07) is 0. The van der Waals surface area contributed by atoms with Crippen molar-refractivity contribution in [1.29, 1.82) is 0 Å². The van der Waals surface area contributed by atoms with E-state index >= 15 is 0 Å². The van der Waals surface area contributed by atoms with E-state index < -0.39 is 12.2 Å². The molecule has 4 atom stereocenters. The predicted octanol–water partition coefficient (Wildman–Crippen LogP) is 1.55. The Morgan fingerprint density at radius 2 is 1.47 bits per heavy atom. The Labute approximate surface area is 93.1 Å². The second kappa shape index (κ2) is 8.08. The Hall–Kier alpha value is -0.120. The molecule has 0 rings (SSSR count). The zero-order valence-corrected chi connectivity index (χ0v) is 10.2. The molecule has 0 heterocycles. The summed E-state index contributed by atoms with van der Waals surface area (Å²) in [5.41, 5.74) is 0. The van der Waals surface area contributed by atoms with E-state index in [0.29, 0.717) is 0 Å². The van der Waals surface area contributed by atoms with Gasteiger partial charge in [0.1, 0.15) is 0 Å². The van der Waals surface area contributed by atoms with E-state index in [1.807, 2.05) is 13.8 Å². The number of hydrogen-bond donors (Lipinski definition) is 3. The minimum atomic E-state index is -0.795. The van der Waals surface area contributed by atoms with E-state index in [-0.39, 0.29) is 18.4 Å². The van der Waals surface area contributed by atoms with Crippen LogP contribution in [0.5, 0.6) is 0 Å². The molecule has 0 fully saturated rings. The first-order valence-corrected chi connectivity index (χ1v) is 6.05. The third-order valence-corrected chi connectivity index (χ3v) is 3.05. The quantitative estimate of drug-likeness (QED) is 0.579. The third-order valence-electron chi connectivity index (χ3n) is 3.05. The van der Waals surface area contributed by atoms with Crippen LogP contribution in [-0.2, 0) is 0 Å². The van der Waals surface area contributed by atoms with Gasteiger partial charge in [-0.2, -0.15) is 0 Å². The zero-order chi connectivity index (χ0) is 11.8. The lowest BCUT2D eigenvalue weighted by atomic mass is 9.87. The van der Waals surface area contributed by atoms with Crippen LogP contribution in [0, 0.1) is 11.8 Å². The zero-order valence-electron chi connectivity index (χ0n) is 10.2. The SMILES string of the molecule is CCCC(CO)C(O)C(O)[C@@H](C)CCC.